The molecule has 7 heteroatoms. The second-order valence-electron chi connectivity index (χ2n) is 5.85. The van der Waals surface area contributed by atoms with Crippen LogP contribution in [0.4, 0.5) is 5.69 Å². The van der Waals surface area contributed by atoms with Crippen LogP contribution in [0.2, 0.25) is 0 Å². The number of ether oxygens (including phenoxy) is 1. The average Bonchev–Trinajstić information content (AvgIpc) is 2.87. The quantitative estimate of drug-likeness (QED) is 0.742. The summed E-state index contributed by atoms with van der Waals surface area (Å²) < 4.78 is 7.33. The lowest BCUT2D eigenvalue weighted by atomic mass is 10.1. The first kappa shape index (κ1) is 18.3. The van der Waals surface area contributed by atoms with Gasteiger partial charge in [-0.05, 0) is 37.1 Å². The van der Waals surface area contributed by atoms with Crippen molar-refractivity contribution in [3.8, 4) is 5.75 Å². The molecule has 0 bridgehead atoms. The van der Waals surface area contributed by atoms with Crippen molar-refractivity contribution in [1.29, 1.82) is 0 Å². The first-order valence-corrected chi connectivity index (χ1v) is 9.02. The van der Waals surface area contributed by atoms with Gasteiger partial charge in [-0.3, -0.25) is 4.79 Å². The standard InChI is InChI=1S/C17H24N4O2S/c1-5-23-14-8-6-13(7-9-14)18-16(22)11-24-17-20-19-15(21(17)4)10-12(2)3/h6-9,12H,5,10-11H2,1-4H3,(H,18,22). The lowest BCUT2D eigenvalue weighted by Gasteiger charge is -2.07. The smallest absolute Gasteiger partial charge is 0.234 e. The van der Waals surface area contributed by atoms with Gasteiger partial charge in [0.2, 0.25) is 5.91 Å². The van der Waals surface area contributed by atoms with Crippen molar-refractivity contribution in [2.75, 3.05) is 17.7 Å². The van der Waals surface area contributed by atoms with Gasteiger partial charge in [0.1, 0.15) is 11.6 Å². The fourth-order valence-electron chi connectivity index (χ4n) is 2.14. The molecule has 0 atom stereocenters. The number of anilines is 1. The molecule has 0 unspecified atom stereocenters. The Morgan fingerprint density at radius 3 is 2.62 bits per heavy atom. The Balaban J connectivity index is 1.86. The Morgan fingerprint density at radius 2 is 2.00 bits per heavy atom. The zero-order valence-electron chi connectivity index (χ0n) is 14.6. The van der Waals surface area contributed by atoms with Gasteiger partial charge in [0.25, 0.3) is 0 Å². The van der Waals surface area contributed by atoms with Gasteiger partial charge in [0.05, 0.1) is 12.4 Å². The molecule has 24 heavy (non-hydrogen) atoms. The second kappa shape index (κ2) is 8.73. The molecule has 6 nitrogen and oxygen atoms in total. The highest BCUT2D eigenvalue weighted by Crippen LogP contribution is 2.19. The van der Waals surface area contributed by atoms with Crippen LogP contribution >= 0.6 is 11.8 Å². The Bertz CT molecular complexity index is 668. The van der Waals surface area contributed by atoms with Crippen molar-refractivity contribution in [2.24, 2.45) is 13.0 Å². The zero-order valence-corrected chi connectivity index (χ0v) is 15.4. The predicted octanol–water partition coefficient (Wildman–Crippen LogP) is 3.14. The third kappa shape index (κ3) is 5.26. The lowest BCUT2D eigenvalue weighted by molar-refractivity contribution is -0.113. The number of hydrogen-bond donors (Lipinski definition) is 1. The number of hydrogen-bond acceptors (Lipinski definition) is 5. The highest BCUT2D eigenvalue weighted by molar-refractivity contribution is 7.99. The number of benzene rings is 1. The van der Waals surface area contributed by atoms with E-state index in [-0.39, 0.29) is 5.91 Å². The van der Waals surface area contributed by atoms with E-state index in [0.29, 0.717) is 18.3 Å². The molecule has 1 aromatic heterocycles. The van der Waals surface area contributed by atoms with Crippen LogP contribution in [-0.2, 0) is 18.3 Å². The van der Waals surface area contributed by atoms with Crippen molar-refractivity contribution in [1.82, 2.24) is 14.8 Å². The third-order valence-corrected chi connectivity index (χ3v) is 4.32. The summed E-state index contributed by atoms with van der Waals surface area (Å²) in [6, 6.07) is 7.34. The summed E-state index contributed by atoms with van der Waals surface area (Å²) in [7, 11) is 1.93. The SMILES string of the molecule is CCOc1ccc(NC(=O)CSc2nnc(CC(C)C)n2C)cc1. The van der Waals surface area contributed by atoms with E-state index in [1.54, 1.807) is 0 Å². The Hall–Kier alpha value is -2.02. The number of aromatic nitrogens is 3. The van der Waals surface area contributed by atoms with E-state index < -0.39 is 0 Å². The molecule has 2 rings (SSSR count). The molecule has 0 saturated heterocycles. The molecule has 1 N–H and O–H groups in total. The fraction of sp³-hybridized carbons (Fsp3) is 0.471. The van der Waals surface area contributed by atoms with Crippen LogP contribution in [-0.4, -0.2) is 33.0 Å². The molecule has 130 valence electrons. The van der Waals surface area contributed by atoms with Crippen molar-refractivity contribution >= 4 is 23.4 Å². The topological polar surface area (TPSA) is 69.0 Å². The van der Waals surface area contributed by atoms with Gasteiger partial charge in [0.15, 0.2) is 5.16 Å². The molecule has 0 radical (unpaired) electrons. The zero-order chi connectivity index (χ0) is 17.5. The number of nitrogens with one attached hydrogen (secondary N) is 1. The number of amides is 1. The summed E-state index contributed by atoms with van der Waals surface area (Å²) >= 11 is 1.39. The summed E-state index contributed by atoms with van der Waals surface area (Å²) in [6.07, 6.45) is 0.877. The summed E-state index contributed by atoms with van der Waals surface area (Å²) in [5, 5.41) is 12.0. The van der Waals surface area contributed by atoms with E-state index in [2.05, 4.69) is 29.4 Å². The van der Waals surface area contributed by atoms with Crippen LogP contribution in [0.1, 0.15) is 26.6 Å². The molecule has 0 aliphatic rings. The number of carbonyl (C=O) groups excluding carboxylic acids is 1. The van der Waals surface area contributed by atoms with Crippen LogP contribution in [0.15, 0.2) is 29.4 Å². The van der Waals surface area contributed by atoms with Gasteiger partial charge < -0.3 is 14.6 Å². The monoisotopic (exact) mass is 348 g/mol. The number of rotatable bonds is 8. The molecule has 0 spiro atoms. The Labute approximate surface area is 147 Å². The highest BCUT2D eigenvalue weighted by atomic mass is 32.2. The van der Waals surface area contributed by atoms with E-state index in [0.717, 1.165) is 28.8 Å². The molecular formula is C17H24N4O2S. The maximum Gasteiger partial charge on any atom is 0.234 e. The van der Waals surface area contributed by atoms with Gasteiger partial charge >= 0.3 is 0 Å². The minimum absolute atomic E-state index is 0.0717. The molecule has 2 aromatic rings. The van der Waals surface area contributed by atoms with Crippen molar-refractivity contribution in [3.05, 3.63) is 30.1 Å². The van der Waals surface area contributed by atoms with Gasteiger partial charge in [-0.2, -0.15) is 0 Å². The van der Waals surface area contributed by atoms with Crippen molar-refractivity contribution < 1.29 is 9.53 Å². The average molecular weight is 348 g/mol. The largest absolute Gasteiger partial charge is 0.494 e. The summed E-state index contributed by atoms with van der Waals surface area (Å²) in [4.78, 5) is 12.1. The summed E-state index contributed by atoms with van der Waals surface area (Å²) in [5.41, 5.74) is 0.752. The Kier molecular flexibility index (Phi) is 6.66. The molecule has 0 fully saturated rings. The fourth-order valence-corrected chi connectivity index (χ4v) is 2.87. The molecular weight excluding hydrogens is 324 g/mol. The van der Waals surface area contributed by atoms with Gasteiger partial charge in [0, 0.05) is 19.2 Å². The van der Waals surface area contributed by atoms with E-state index in [4.69, 9.17) is 4.74 Å². The van der Waals surface area contributed by atoms with E-state index in [1.807, 2.05) is 42.8 Å². The summed E-state index contributed by atoms with van der Waals surface area (Å²) in [5.74, 6) is 2.48. The molecule has 1 heterocycles. The van der Waals surface area contributed by atoms with E-state index >= 15 is 0 Å². The van der Waals surface area contributed by atoms with Gasteiger partial charge in [-0.15, -0.1) is 10.2 Å². The molecule has 0 saturated carbocycles. The van der Waals surface area contributed by atoms with Crippen LogP contribution in [0.25, 0.3) is 0 Å². The third-order valence-electron chi connectivity index (χ3n) is 3.30. The van der Waals surface area contributed by atoms with Gasteiger partial charge in [-0.1, -0.05) is 25.6 Å². The number of carbonyl (C=O) groups is 1. The first-order valence-electron chi connectivity index (χ1n) is 8.03. The second-order valence-corrected chi connectivity index (χ2v) is 6.79. The Morgan fingerprint density at radius 1 is 1.29 bits per heavy atom. The highest BCUT2D eigenvalue weighted by Gasteiger charge is 2.12. The molecule has 1 amide bonds. The maximum absolute atomic E-state index is 12.1. The van der Waals surface area contributed by atoms with E-state index in [1.165, 1.54) is 11.8 Å². The normalized spacial score (nSPS) is 10.9. The minimum atomic E-state index is -0.0717. The number of thioether (sulfide) groups is 1. The van der Waals surface area contributed by atoms with Gasteiger partial charge in [-0.25, -0.2) is 0 Å². The van der Waals surface area contributed by atoms with E-state index in [9.17, 15) is 4.79 Å². The van der Waals surface area contributed by atoms with Crippen molar-refractivity contribution in [2.45, 2.75) is 32.3 Å². The number of nitrogens with zero attached hydrogens (tertiary/aromatic N) is 3. The maximum atomic E-state index is 12.1. The van der Waals surface area contributed by atoms with Crippen LogP contribution < -0.4 is 10.1 Å². The van der Waals surface area contributed by atoms with Crippen LogP contribution in [0, 0.1) is 5.92 Å². The molecule has 0 aliphatic heterocycles. The van der Waals surface area contributed by atoms with Crippen LogP contribution in [0.3, 0.4) is 0 Å². The summed E-state index contributed by atoms with van der Waals surface area (Å²) in [6.45, 7) is 6.85. The van der Waals surface area contributed by atoms with Crippen molar-refractivity contribution in [3.63, 3.8) is 0 Å². The first-order chi connectivity index (χ1) is 11.5. The van der Waals surface area contributed by atoms with Crippen LogP contribution in [0.5, 0.6) is 5.75 Å². The predicted molar refractivity (Wildman–Crippen MR) is 96.5 cm³/mol. The molecule has 1 aromatic carbocycles. The molecule has 0 aliphatic carbocycles. The lowest BCUT2D eigenvalue weighted by Crippen LogP contribution is -2.14. The minimum Gasteiger partial charge on any atom is -0.494 e.